The topological polar surface area (TPSA) is 47.0 Å². The molecule has 0 fully saturated rings. The second kappa shape index (κ2) is 6.89. The highest BCUT2D eigenvalue weighted by atomic mass is 35.5. The molecule has 0 amide bonds. The van der Waals surface area contributed by atoms with E-state index >= 15 is 0 Å². The monoisotopic (exact) mass is 339 g/mol. The summed E-state index contributed by atoms with van der Waals surface area (Å²) in [7, 11) is 1.62. The van der Waals surface area contributed by atoms with E-state index in [0.29, 0.717) is 22.4 Å². The summed E-state index contributed by atoms with van der Waals surface area (Å²) in [5, 5.41) is 3.89. The van der Waals surface area contributed by atoms with Crippen molar-refractivity contribution in [1.29, 1.82) is 0 Å². The predicted octanol–water partition coefficient (Wildman–Crippen LogP) is 5.17. The molecule has 0 bridgehead atoms. The molecule has 0 aliphatic carbocycles. The number of nitrogens with zero attached hydrogens (tertiary/aromatic N) is 2. The summed E-state index contributed by atoms with van der Waals surface area (Å²) >= 11 is 6.08. The molecule has 2 aromatic carbocycles. The van der Waals surface area contributed by atoms with Crippen LogP contribution in [0, 0.1) is 13.8 Å². The number of ether oxygens (including phenoxy) is 1. The third-order valence-corrected chi connectivity index (χ3v) is 3.84. The van der Waals surface area contributed by atoms with Gasteiger partial charge in [0.05, 0.1) is 18.5 Å². The van der Waals surface area contributed by atoms with E-state index in [1.807, 2.05) is 25.1 Å². The number of benzene rings is 2. The van der Waals surface area contributed by atoms with Gasteiger partial charge >= 0.3 is 0 Å². The van der Waals surface area contributed by atoms with E-state index in [1.54, 1.807) is 13.2 Å². The van der Waals surface area contributed by atoms with Gasteiger partial charge in [0, 0.05) is 16.7 Å². The number of rotatable bonds is 4. The Morgan fingerprint density at radius 3 is 2.42 bits per heavy atom. The van der Waals surface area contributed by atoms with Crippen molar-refractivity contribution >= 4 is 23.1 Å². The van der Waals surface area contributed by atoms with Gasteiger partial charge in [-0.05, 0) is 32.0 Å². The van der Waals surface area contributed by atoms with Crippen LogP contribution in [-0.2, 0) is 0 Å². The Labute approximate surface area is 146 Å². The lowest BCUT2D eigenvalue weighted by molar-refractivity contribution is 0.417. The van der Waals surface area contributed by atoms with Gasteiger partial charge in [0.2, 0.25) is 0 Å². The minimum atomic E-state index is 0.628. The zero-order valence-electron chi connectivity index (χ0n) is 13.8. The highest BCUT2D eigenvalue weighted by Gasteiger charge is 2.08. The highest BCUT2D eigenvalue weighted by molar-refractivity contribution is 6.31. The lowest BCUT2D eigenvalue weighted by Gasteiger charge is -2.12. The molecule has 1 aromatic heterocycles. The van der Waals surface area contributed by atoms with Crippen LogP contribution in [0.2, 0.25) is 5.02 Å². The van der Waals surface area contributed by atoms with E-state index in [1.165, 1.54) is 5.56 Å². The third kappa shape index (κ3) is 3.66. The quantitative estimate of drug-likeness (QED) is 0.712. The lowest BCUT2D eigenvalue weighted by atomic mass is 10.1. The van der Waals surface area contributed by atoms with E-state index in [9.17, 15) is 0 Å². The largest absolute Gasteiger partial charge is 0.495 e. The predicted molar refractivity (Wildman–Crippen MR) is 98.2 cm³/mol. The number of nitrogens with one attached hydrogen (secondary N) is 1. The molecule has 3 rings (SSSR count). The number of hydrogen-bond acceptors (Lipinski definition) is 4. The van der Waals surface area contributed by atoms with E-state index in [4.69, 9.17) is 16.3 Å². The molecule has 0 radical (unpaired) electrons. The number of aromatic nitrogens is 2. The second-order valence-corrected chi connectivity index (χ2v) is 5.96. The van der Waals surface area contributed by atoms with Crippen LogP contribution in [0.15, 0.2) is 48.5 Å². The molecule has 1 heterocycles. The molecular formula is C19H18ClN3O. The Hall–Kier alpha value is -2.59. The van der Waals surface area contributed by atoms with Crippen LogP contribution >= 0.6 is 11.6 Å². The van der Waals surface area contributed by atoms with Gasteiger partial charge in [-0.15, -0.1) is 0 Å². The first-order valence-electron chi connectivity index (χ1n) is 7.58. The number of halogens is 1. The minimum absolute atomic E-state index is 0.628. The maximum atomic E-state index is 6.08. The fraction of sp³-hybridized carbons (Fsp3) is 0.158. The first kappa shape index (κ1) is 16.3. The summed E-state index contributed by atoms with van der Waals surface area (Å²) in [6.07, 6.45) is 0. The Kier molecular flexibility index (Phi) is 4.67. The van der Waals surface area contributed by atoms with Gasteiger partial charge in [0.1, 0.15) is 17.4 Å². The minimum Gasteiger partial charge on any atom is -0.495 e. The smallest absolute Gasteiger partial charge is 0.142 e. The van der Waals surface area contributed by atoms with Crippen LogP contribution < -0.4 is 10.1 Å². The molecule has 0 unspecified atom stereocenters. The van der Waals surface area contributed by atoms with Crippen molar-refractivity contribution in [2.75, 3.05) is 12.4 Å². The molecule has 5 heteroatoms. The van der Waals surface area contributed by atoms with Crippen LogP contribution in [0.1, 0.15) is 11.4 Å². The van der Waals surface area contributed by atoms with Crippen molar-refractivity contribution in [2.24, 2.45) is 0 Å². The van der Waals surface area contributed by atoms with Crippen molar-refractivity contribution in [3.8, 4) is 17.0 Å². The van der Waals surface area contributed by atoms with Crippen LogP contribution in [0.3, 0.4) is 0 Å². The van der Waals surface area contributed by atoms with Crippen molar-refractivity contribution < 1.29 is 4.74 Å². The van der Waals surface area contributed by atoms with Crippen LogP contribution in [0.5, 0.6) is 5.75 Å². The fourth-order valence-corrected chi connectivity index (χ4v) is 2.59. The van der Waals surface area contributed by atoms with Crippen LogP contribution in [0.25, 0.3) is 11.3 Å². The fourth-order valence-electron chi connectivity index (χ4n) is 2.42. The molecule has 1 N–H and O–H groups in total. The highest BCUT2D eigenvalue weighted by Crippen LogP contribution is 2.31. The Morgan fingerprint density at radius 2 is 1.71 bits per heavy atom. The Balaban J connectivity index is 1.97. The van der Waals surface area contributed by atoms with Crippen molar-refractivity contribution in [3.63, 3.8) is 0 Å². The SMILES string of the molecule is COc1ccc(Cl)cc1Nc1cc(-c2ccc(C)cc2)nc(C)n1. The zero-order valence-corrected chi connectivity index (χ0v) is 14.6. The average Bonchev–Trinajstić information content (AvgIpc) is 2.55. The first-order chi connectivity index (χ1) is 11.5. The second-order valence-electron chi connectivity index (χ2n) is 5.52. The normalized spacial score (nSPS) is 10.5. The number of methoxy groups -OCH3 is 1. The summed E-state index contributed by atoms with van der Waals surface area (Å²) in [4.78, 5) is 8.98. The maximum absolute atomic E-state index is 6.08. The summed E-state index contributed by atoms with van der Waals surface area (Å²) in [5.41, 5.74) is 3.89. The number of hydrogen-bond donors (Lipinski definition) is 1. The van der Waals surface area contributed by atoms with E-state index in [0.717, 1.165) is 16.9 Å². The molecule has 0 spiro atoms. The third-order valence-electron chi connectivity index (χ3n) is 3.61. The van der Waals surface area contributed by atoms with Crippen LogP contribution in [0.4, 0.5) is 11.5 Å². The molecule has 0 saturated carbocycles. The average molecular weight is 340 g/mol. The Morgan fingerprint density at radius 1 is 0.958 bits per heavy atom. The van der Waals surface area contributed by atoms with Gasteiger partial charge in [0.25, 0.3) is 0 Å². The molecule has 0 aliphatic rings. The molecule has 4 nitrogen and oxygen atoms in total. The van der Waals surface area contributed by atoms with Crippen LogP contribution in [-0.4, -0.2) is 17.1 Å². The summed E-state index contributed by atoms with van der Waals surface area (Å²) in [6, 6.07) is 15.6. The lowest BCUT2D eigenvalue weighted by Crippen LogP contribution is -2.00. The molecular weight excluding hydrogens is 322 g/mol. The number of anilines is 2. The summed E-state index contributed by atoms with van der Waals surface area (Å²) in [6.45, 7) is 3.94. The Bertz CT molecular complexity index is 863. The molecule has 3 aromatic rings. The molecule has 0 aliphatic heterocycles. The van der Waals surface area contributed by atoms with Gasteiger partial charge in [-0.1, -0.05) is 41.4 Å². The van der Waals surface area contributed by atoms with Crippen molar-refractivity contribution in [3.05, 3.63) is 64.9 Å². The van der Waals surface area contributed by atoms with E-state index in [-0.39, 0.29) is 0 Å². The summed E-state index contributed by atoms with van der Waals surface area (Å²) < 4.78 is 5.37. The molecule has 122 valence electrons. The summed E-state index contributed by atoms with van der Waals surface area (Å²) in [5.74, 6) is 2.09. The van der Waals surface area contributed by atoms with E-state index in [2.05, 4.69) is 46.5 Å². The molecule has 24 heavy (non-hydrogen) atoms. The van der Waals surface area contributed by atoms with Gasteiger partial charge in [-0.2, -0.15) is 0 Å². The standard InChI is InChI=1S/C19H18ClN3O/c1-12-4-6-14(7-5-12)16-11-19(22-13(2)21-16)23-17-10-15(20)8-9-18(17)24-3/h4-11H,1-3H3,(H,21,22,23). The van der Waals surface area contributed by atoms with E-state index < -0.39 is 0 Å². The van der Waals surface area contributed by atoms with Gasteiger partial charge in [0.15, 0.2) is 0 Å². The zero-order chi connectivity index (χ0) is 17.1. The number of aryl methyl sites for hydroxylation is 2. The molecule has 0 saturated heterocycles. The first-order valence-corrected chi connectivity index (χ1v) is 7.96. The van der Waals surface area contributed by atoms with Gasteiger partial charge in [-0.25, -0.2) is 9.97 Å². The van der Waals surface area contributed by atoms with Crippen molar-refractivity contribution in [2.45, 2.75) is 13.8 Å². The van der Waals surface area contributed by atoms with Gasteiger partial charge in [-0.3, -0.25) is 0 Å². The van der Waals surface area contributed by atoms with Crippen molar-refractivity contribution in [1.82, 2.24) is 9.97 Å². The maximum Gasteiger partial charge on any atom is 0.142 e. The molecule has 0 atom stereocenters. The van der Waals surface area contributed by atoms with Gasteiger partial charge < -0.3 is 10.1 Å².